The lowest BCUT2D eigenvalue weighted by atomic mass is 9.98. The minimum absolute atomic E-state index is 0.613. The summed E-state index contributed by atoms with van der Waals surface area (Å²) in [7, 11) is 0. The molecule has 1 aromatic carbocycles. The van der Waals surface area contributed by atoms with Crippen molar-refractivity contribution in [2.24, 2.45) is 5.92 Å². The number of nitrogens with zero attached hydrogens (tertiary/aromatic N) is 2. The van der Waals surface area contributed by atoms with Gasteiger partial charge in [-0.3, -0.25) is 0 Å². The summed E-state index contributed by atoms with van der Waals surface area (Å²) in [4.78, 5) is 9.52. The standard InChI is InChI=1S/C25H31N3/c1-6-22(26)24(18(5)21-12-13-21)25-27-15-17(4)23(28-25)14-9-19-7-10-20(11-8-19)16(2)3/h7-8,10-11,15,21,26H,2,6,9,12-14H2,1,3-5H3/b24-18-,26-22?. The Labute approximate surface area is 169 Å². The van der Waals surface area contributed by atoms with Crippen molar-refractivity contribution < 1.29 is 0 Å². The molecule has 2 aromatic rings. The van der Waals surface area contributed by atoms with Crippen LogP contribution in [0.2, 0.25) is 0 Å². The van der Waals surface area contributed by atoms with Crippen molar-refractivity contribution in [1.82, 2.24) is 9.97 Å². The van der Waals surface area contributed by atoms with E-state index in [1.54, 1.807) is 0 Å². The van der Waals surface area contributed by atoms with Crippen LogP contribution in [-0.2, 0) is 12.8 Å². The number of rotatable bonds is 8. The number of allylic oxidation sites excluding steroid dienone is 3. The van der Waals surface area contributed by atoms with E-state index in [0.717, 1.165) is 41.1 Å². The van der Waals surface area contributed by atoms with Gasteiger partial charge in [0.25, 0.3) is 0 Å². The first-order chi connectivity index (χ1) is 13.4. The van der Waals surface area contributed by atoms with E-state index in [4.69, 9.17) is 10.4 Å². The Bertz CT molecular complexity index is 915. The van der Waals surface area contributed by atoms with Gasteiger partial charge in [-0.2, -0.15) is 0 Å². The SMILES string of the molecule is C=C(C)c1ccc(CCc2nc(/C(C(=N)CC)=C(/C)C3CC3)ncc2C)cc1. The first kappa shape index (κ1) is 20.2. The third-order valence-electron chi connectivity index (χ3n) is 5.64. The molecule has 0 unspecified atom stereocenters. The van der Waals surface area contributed by atoms with Crippen LogP contribution < -0.4 is 0 Å². The second kappa shape index (κ2) is 8.64. The molecule has 0 bridgehead atoms. The third kappa shape index (κ3) is 4.64. The molecule has 146 valence electrons. The Morgan fingerprint density at radius 1 is 1.14 bits per heavy atom. The van der Waals surface area contributed by atoms with Crippen LogP contribution in [0, 0.1) is 18.3 Å². The van der Waals surface area contributed by atoms with E-state index in [1.807, 2.05) is 20.0 Å². The Kier molecular flexibility index (Phi) is 6.23. The zero-order chi connectivity index (χ0) is 20.3. The van der Waals surface area contributed by atoms with E-state index in [1.165, 1.54) is 29.5 Å². The molecule has 0 amide bonds. The molecular formula is C25H31N3. The van der Waals surface area contributed by atoms with Crippen molar-refractivity contribution in [3.8, 4) is 0 Å². The minimum Gasteiger partial charge on any atom is -0.305 e. The highest BCUT2D eigenvalue weighted by Crippen LogP contribution is 2.40. The first-order valence-corrected chi connectivity index (χ1v) is 10.3. The normalized spacial score (nSPS) is 14.6. The van der Waals surface area contributed by atoms with Gasteiger partial charge in [0.15, 0.2) is 5.82 Å². The molecule has 1 aromatic heterocycles. The molecule has 1 aliphatic carbocycles. The summed E-state index contributed by atoms with van der Waals surface area (Å²) in [5.41, 5.74) is 8.69. The average molecular weight is 374 g/mol. The summed E-state index contributed by atoms with van der Waals surface area (Å²) >= 11 is 0. The molecule has 1 aliphatic rings. The maximum absolute atomic E-state index is 8.45. The number of hydrogen-bond acceptors (Lipinski definition) is 3. The molecule has 1 N–H and O–H groups in total. The van der Waals surface area contributed by atoms with Crippen LogP contribution in [0.15, 0.2) is 42.6 Å². The molecule has 3 nitrogen and oxygen atoms in total. The first-order valence-electron chi connectivity index (χ1n) is 10.3. The molecule has 1 heterocycles. The molecule has 1 fully saturated rings. The Morgan fingerprint density at radius 3 is 2.39 bits per heavy atom. The van der Waals surface area contributed by atoms with E-state index in [2.05, 4.69) is 49.7 Å². The van der Waals surface area contributed by atoms with Crippen molar-refractivity contribution in [2.45, 2.75) is 59.8 Å². The largest absolute Gasteiger partial charge is 0.305 e. The van der Waals surface area contributed by atoms with Gasteiger partial charge < -0.3 is 5.41 Å². The maximum Gasteiger partial charge on any atom is 0.161 e. The van der Waals surface area contributed by atoms with Crippen LogP contribution in [0.4, 0.5) is 0 Å². The summed E-state index contributed by atoms with van der Waals surface area (Å²) in [5, 5.41) is 8.45. The van der Waals surface area contributed by atoms with Gasteiger partial charge in [0.2, 0.25) is 0 Å². The summed E-state index contributed by atoms with van der Waals surface area (Å²) in [6.45, 7) is 12.3. The monoisotopic (exact) mass is 373 g/mol. The van der Waals surface area contributed by atoms with E-state index >= 15 is 0 Å². The van der Waals surface area contributed by atoms with Gasteiger partial charge in [-0.05, 0) is 75.5 Å². The zero-order valence-electron chi connectivity index (χ0n) is 17.6. The highest BCUT2D eigenvalue weighted by atomic mass is 14.9. The molecule has 0 radical (unpaired) electrons. The van der Waals surface area contributed by atoms with Gasteiger partial charge in [-0.25, -0.2) is 9.97 Å². The van der Waals surface area contributed by atoms with Crippen LogP contribution in [-0.4, -0.2) is 15.7 Å². The summed E-state index contributed by atoms with van der Waals surface area (Å²) in [6.07, 6.45) is 6.91. The number of nitrogens with one attached hydrogen (secondary N) is 1. The molecule has 0 spiro atoms. The summed E-state index contributed by atoms with van der Waals surface area (Å²) < 4.78 is 0. The second-order valence-electron chi connectivity index (χ2n) is 7.96. The van der Waals surface area contributed by atoms with Gasteiger partial charge in [0.1, 0.15) is 0 Å². The lowest BCUT2D eigenvalue weighted by Gasteiger charge is -2.14. The van der Waals surface area contributed by atoms with Crippen LogP contribution >= 0.6 is 0 Å². The van der Waals surface area contributed by atoms with Crippen LogP contribution in [0.3, 0.4) is 0 Å². The van der Waals surface area contributed by atoms with Gasteiger partial charge in [0.05, 0.1) is 0 Å². The van der Waals surface area contributed by atoms with Crippen LogP contribution in [0.25, 0.3) is 11.1 Å². The fraction of sp³-hybridized carbons (Fsp3) is 0.400. The molecule has 28 heavy (non-hydrogen) atoms. The smallest absolute Gasteiger partial charge is 0.161 e. The van der Waals surface area contributed by atoms with Crippen molar-refractivity contribution in [2.75, 3.05) is 0 Å². The predicted octanol–water partition coefficient (Wildman–Crippen LogP) is 6.22. The molecule has 1 saturated carbocycles. The average Bonchev–Trinajstić information content (AvgIpc) is 3.53. The van der Waals surface area contributed by atoms with Crippen molar-refractivity contribution >= 4 is 16.9 Å². The van der Waals surface area contributed by atoms with Crippen LogP contribution in [0.1, 0.15) is 68.2 Å². The topological polar surface area (TPSA) is 49.6 Å². The number of benzene rings is 1. The minimum atomic E-state index is 0.613. The van der Waals surface area contributed by atoms with E-state index in [-0.39, 0.29) is 0 Å². The Morgan fingerprint density at radius 2 is 1.82 bits per heavy atom. The van der Waals surface area contributed by atoms with Crippen molar-refractivity contribution in [1.29, 1.82) is 5.41 Å². The van der Waals surface area contributed by atoms with Gasteiger partial charge in [0, 0.05) is 23.2 Å². The van der Waals surface area contributed by atoms with E-state index in [9.17, 15) is 0 Å². The van der Waals surface area contributed by atoms with Crippen molar-refractivity contribution in [3.63, 3.8) is 0 Å². The zero-order valence-corrected chi connectivity index (χ0v) is 17.6. The van der Waals surface area contributed by atoms with Crippen LogP contribution in [0.5, 0.6) is 0 Å². The van der Waals surface area contributed by atoms with Gasteiger partial charge >= 0.3 is 0 Å². The fourth-order valence-electron chi connectivity index (χ4n) is 3.52. The third-order valence-corrected chi connectivity index (χ3v) is 5.64. The lowest BCUT2D eigenvalue weighted by molar-refractivity contribution is 0.875. The molecule has 3 heteroatoms. The van der Waals surface area contributed by atoms with E-state index in [0.29, 0.717) is 18.1 Å². The molecular weight excluding hydrogens is 342 g/mol. The highest BCUT2D eigenvalue weighted by molar-refractivity contribution is 6.22. The van der Waals surface area contributed by atoms with Gasteiger partial charge in [-0.1, -0.05) is 48.9 Å². The lowest BCUT2D eigenvalue weighted by Crippen LogP contribution is -2.10. The van der Waals surface area contributed by atoms with E-state index < -0.39 is 0 Å². The molecule has 3 rings (SSSR count). The second-order valence-corrected chi connectivity index (χ2v) is 7.96. The molecule has 0 aliphatic heterocycles. The number of aromatic nitrogens is 2. The number of hydrogen-bond donors (Lipinski definition) is 1. The van der Waals surface area contributed by atoms with Crippen molar-refractivity contribution in [3.05, 3.63) is 70.8 Å². The predicted molar refractivity (Wildman–Crippen MR) is 119 cm³/mol. The Balaban J connectivity index is 1.83. The quantitative estimate of drug-likeness (QED) is 0.559. The molecule has 0 saturated heterocycles. The summed E-state index contributed by atoms with van der Waals surface area (Å²) in [5.74, 6) is 1.34. The van der Waals surface area contributed by atoms with Gasteiger partial charge in [-0.15, -0.1) is 0 Å². The molecule has 0 atom stereocenters. The number of aryl methyl sites for hydroxylation is 3. The summed E-state index contributed by atoms with van der Waals surface area (Å²) in [6, 6.07) is 8.63. The maximum atomic E-state index is 8.45. The fourth-order valence-corrected chi connectivity index (χ4v) is 3.52. The highest BCUT2D eigenvalue weighted by Gasteiger charge is 2.28. The Hall–Kier alpha value is -2.55.